The van der Waals surface area contributed by atoms with Crippen LogP contribution in [-0.4, -0.2) is 12.6 Å². The van der Waals surface area contributed by atoms with Gasteiger partial charge in [-0.1, -0.05) is 30.9 Å². The number of allylic oxidation sites excluding steroid dienone is 5. The minimum Gasteiger partial charge on any atom is -0.334 e. The first-order valence-corrected chi connectivity index (χ1v) is 6.91. The Labute approximate surface area is 119 Å². The van der Waals surface area contributed by atoms with Crippen LogP contribution in [0.4, 0.5) is 10.5 Å². The monoisotopic (exact) mass is 266 g/mol. The fourth-order valence-corrected chi connectivity index (χ4v) is 2.89. The van der Waals surface area contributed by atoms with Crippen molar-refractivity contribution in [3.8, 4) is 0 Å². The second kappa shape index (κ2) is 5.00. The van der Waals surface area contributed by atoms with E-state index in [4.69, 9.17) is 0 Å². The van der Waals surface area contributed by atoms with Crippen molar-refractivity contribution in [3.05, 3.63) is 59.7 Å². The van der Waals surface area contributed by atoms with Gasteiger partial charge in [-0.3, -0.25) is 4.90 Å². The summed E-state index contributed by atoms with van der Waals surface area (Å²) in [6.07, 6.45) is 8.89. The summed E-state index contributed by atoms with van der Waals surface area (Å²) < 4.78 is 0. The Hall–Kier alpha value is -2.29. The minimum atomic E-state index is 0.0254. The van der Waals surface area contributed by atoms with E-state index in [2.05, 4.69) is 30.1 Å². The number of benzene rings is 1. The third kappa shape index (κ3) is 1.95. The number of carbonyl (C=O) groups excluding carboxylic acids is 1. The number of rotatable bonds is 3. The highest BCUT2D eigenvalue weighted by Gasteiger charge is 2.31. The molecule has 1 N–H and O–H groups in total. The van der Waals surface area contributed by atoms with Gasteiger partial charge in [-0.15, -0.1) is 0 Å². The van der Waals surface area contributed by atoms with Crippen LogP contribution in [0.5, 0.6) is 0 Å². The predicted octanol–water partition coefficient (Wildman–Crippen LogP) is 3.42. The SMILES string of the molecule is C=C/C(=C\C=C/C)c1cc2c3c(c1)CNC(=O)N3CC2. The van der Waals surface area contributed by atoms with Gasteiger partial charge in [-0.2, -0.15) is 0 Å². The summed E-state index contributed by atoms with van der Waals surface area (Å²) >= 11 is 0. The van der Waals surface area contributed by atoms with E-state index in [0.717, 1.165) is 24.2 Å². The van der Waals surface area contributed by atoms with Crippen LogP contribution in [0.1, 0.15) is 23.6 Å². The fraction of sp³-hybridized carbons (Fsp3) is 0.235. The van der Waals surface area contributed by atoms with E-state index in [-0.39, 0.29) is 6.03 Å². The molecule has 0 aliphatic carbocycles. The van der Waals surface area contributed by atoms with Crippen molar-refractivity contribution in [2.45, 2.75) is 19.9 Å². The smallest absolute Gasteiger partial charge is 0.322 e. The molecule has 1 aromatic carbocycles. The first kappa shape index (κ1) is 12.7. The Morgan fingerprint density at radius 1 is 1.40 bits per heavy atom. The molecule has 102 valence electrons. The van der Waals surface area contributed by atoms with Crippen LogP contribution in [0.15, 0.2) is 43.0 Å². The Kier molecular flexibility index (Phi) is 3.18. The standard InChI is InChI=1S/C17H18N2O/c1-3-5-6-12(4-2)14-9-13-7-8-19-16(13)15(10-14)11-18-17(19)20/h3-6,9-10H,2,7-8,11H2,1H3,(H,18,20)/b5-3-,12-6+. The number of nitrogens with one attached hydrogen (secondary N) is 1. The normalized spacial score (nSPS) is 17.4. The van der Waals surface area contributed by atoms with Gasteiger partial charge in [0.1, 0.15) is 0 Å². The lowest BCUT2D eigenvalue weighted by atomic mass is 9.96. The van der Waals surface area contributed by atoms with Gasteiger partial charge in [-0.25, -0.2) is 4.79 Å². The van der Waals surface area contributed by atoms with E-state index in [0.29, 0.717) is 6.54 Å². The number of nitrogens with zero attached hydrogens (tertiary/aromatic N) is 1. The molecule has 0 bridgehead atoms. The topological polar surface area (TPSA) is 32.3 Å². The summed E-state index contributed by atoms with van der Waals surface area (Å²) in [5.74, 6) is 0. The third-order valence-corrected chi connectivity index (χ3v) is 3.84. The van der Waals surface area contributed by atoms with Crippen molar-refractivity contribution in [1.29, 1.82) is 0 Å². The largest absolute Gasteiger partial charge is 0.334 e. The molecule has 3 heteroatoms. The first-order valence-electron chi connectivity index (χ1n) is 6.91. The molecule has 1 aromatic rings. The van der Waals surface area contributed by atoms with Crippen molar-refractivity contribution in [2.75, 3.05) is 11.4 Å². The van der Waals surface area contributed by atoms with E-state index < -0.39 is 0 Å². The maximum absolute atomic E-state index is 11.8. The number of carbonyl (C=O) groups is 1. The summed E-state index contributed by atoms with van der Waals surface area (Å²) in [7, 11) is 0. The molecule has 20 heavy (non-hydrogen) atoms. The minimum absolute atomic E-state index is 0.0254. The van der Waals surface area contributed by atoms with E-state index in [1.165, 1.54) is 16.7 Å². The predicted molar refractivity (Wildman–Crippen MR) is 82.7 cm³/mol. The van der Waals surface area contributed by atoms with Crippen LogP contribution in [0.3, 0.4) is 0 Å². The molecule has 0 atom stereocenters. The molecule has 0 unspecified atom stereocenters. The van der Waals surface area contributed by atoms with Gasteiger partial charge in [0.2, 0.25) is 0 Å². The van der Waals surface area contributed by atoms with Gasteiger partial charge < -0.3 is 5.32 Å². The molecule has 0 spiro atoms. The summed E-state index contributed by atoms with van der Waals surface area (Å²) in [4.78, 5) is 13.7. The molecule has 3 nitrogen and oxygen atoms in total. The van der Waals surface area contributed by atoms with E-state index >= 15 is 0 Å². The quantitative estimate of drug-likeness (QED) is 0.835. The van der Waals surface area contributed by atoms with Gasteiger partial charge in [-0.05, 0) is 47.7 Å². The Morgan fingerprint density at radius 2 is 2.20 bits per heavy atom. The van der Waals surface area contributed by atoms with Gasteiger partial charge >= 0.3 is 6.03 Å². The first-order chi connectivity index (χ1) is 9.74. The van der Waals surface area contributed by atoms with Crippen LogP contribution in [0.25, 0.3) is 5.57 Å². The highest BCUT2D eigenvalue weighted by atomic mass is 16.2. The second-order valence-electron chi connectivity index (χ2n) is 5.06. The third-order valence-electron chi connectivity index (χ3n) is 3.84. The van der Waals surface area contributed by atoms with Crippen LogP contribution >= 0.6 is 0 Å². The maximum atomic E-state index is 11.8. The Balaban J connectivity index is 2.09. The van der Waals surface area contributed by atoms with E-state index in [1.54, 1.807) is 0 Å². The number of anilines is 1. The second-order valence-corrected chi connectivity index (χ2v) is 5.06. The van der Waals surface area contributed by atoms with Gasteiger partial charge in [0.25, 0.3) is 0 Å². The number of hydrogen-bond donors (Lipinski definition) is 1. The molecule has 0 saturated carbocycles. The average Bonchev–Trinajstić information content (AvgIpc) is 2.89. The van der Waals surface area contributed by atoms with Crippen molar-refractivity contribution < 1.29 is 4.79 Å². The van der Waals surface area contributed by atoms with Gasteiger partial charge in [0.05, 0.1) is 5.69 Å². The zero-order chi connectivity index (χ0) is 14.1. The molecule has 0 radical (unpaired) electrons. The molecule has 2 heterocycles. The van der Waals surface area contributed by atoms with Crippen LogP contribution in [0, 0.1) is 0 Å². The van der Waals surface area contributed by atoms with E-state index in [9.17, 15) is 4.79 Å². The molecule has 0 fully saturated rings. The molecule has 0 aromatic heterocycles. The average molecular weight is 266 g/mol. The zero-order valence-electron chi connectivity index (χ0n) is 11.6. The number of hydrogen-bond acceptors (Lipinski definition) is 1. The van der Waals surface area contributed by atoms with Crippen molar-refractivity contribution >= 4 is 17.3 Å². The molecule has 0 saturated heterocycles. The van der Waals surface area contributed by atoms with Gasteiger partial charge in [0, 0.05) is 13.1 Å². The zero-order valence-corrected chi connectivity index (χ0v) is 11.6. The Morgan fingerprint density at radius 3 is 2.95 bits per heavy atom. The molecule has 2 amide bonds. The van der Waals surface area contributed by atoms with Crippen LogP contribution in [0.2, 0.25) is 0 Å². The van der Waals surface area contributed by atoms with Crippen molar-refractivity contribution in [1.82, 2.24) is 5.32 Å². The van der Waals surface area contributed by atoms with Crippen molar-refractivity contribution in [3.63, 3.8) is 0 Å². The van der Waals surface area contributed by atoms with Gasteiger partial charge in [0.15, 0.2) is 0 Å². The molecule has 3 rings (SSSR count). The fourth-order valence-electron chi connectivity index (χ4n) is 2.89. The molecular weight excluding hydrogens is 248 g/mol. The maximum Gasteiger partial charge on any atom is 0.322 e. The lowest BCUT2D eigenvalue weighted by Gasteiger charge is -2.26. The Bertz CT molecular complexity index is 641. The lowest BCUT2D eigenvalue weighted by Crippen LogP contribution is -2.42. The summed E-state index contributed by atoms with van der Waals surface area (Å²) in [5.41, 5.74) is 5.86. The van der Waals surface area contributed by atoms with Crippen LogP contribution < -0.4 is 10.2 Å². The summed E-state index contributed by atoms with van der Waals surface area (Å²) in [6.45, 7) is 7.28. The highest BCUT2D eigenvalue weighted by molar-refractivity contribution is 5.97. The molecular formula is C17H18N2O. The number of urea groups is 1. The molecule has 2 aliphatic heterocycles. The lowest BCUT2D eigenvalue weighted by molar-refractivity contribution is 0.245. The number of amides is 2. The molecule has 2 aliphatic rings. The van der Waals surface area contributed by atoms with Crippen LogP contribution in [-0.2, 0) is 13.0 Å². The summed E-state index contributed by atoms with van der Waals surface area (Å²) in [5, 5.41) is 2.93. The summed E-state index contributed by atoms with van der Waals surface area (Å²) in [6, 6.07) is 4.37. The van der Waals surface area contributed by atoms with Crippen molar-refractivity contribution in [2.24, 2.45) is 0 Å². The highest BCUT2D eigenvalue weighted by Crippen LogP contribution is 2.37. The van der Waals surface area contributed by atoms with E-state index in [1.807, 2.05) is 30.1 Å².